The van der Waals surface area contributed by atoms with E-state index in [4.69, 9.17) is 23.2 Å². The van der Waals surface area contributed by atoms with Crippen molar-refractivity contribution in [3.8, 4) is 5.69 Å². The van der Waals surface area contributed by atoms with Crippen molar-refractivity contribution < 1.29 is 9.18 Å². The molecule has 33 heavy (non-hydrogen) atoms. The third-order valence-electron chi connectivity index (χ3n) is 4.59. The summed E-state index contributed by atoms with van der Waals surface area (Å²) in [5.74, 6) is 0.581. The zero-order valence-electron chi connectivity index (χ0n) is 17.1. The molecule has 10 heteroatoms. The summed E-state index contributed by atoms with van der Waals surface area (Å²) in [6, 6.07) is 20.4. The number of amides is 2. The summed E-state index contributed by atoms with van der Waals surface area (Å²) in [5, 5.41) is 15.2. The molecule has 0 fully saturated rings. The summed E-state index contributed by atoms with van der Waals surface area (Å²) >= 11 is 14.1. The van der Waals surface area contributed by atoms with Crippen LogP contribution in [0.1, 0.15) is 11.4 Å². The maximum atomic E-state index is 13.8. The van der Waals surface area contributed by atoms with E-state index in [2.05, 4.69) is 20.8 Å². The zero-order valence-corrected chi connectivity index (χ0v) is 19.5. The number of benzene rings is 3. The number of thioether (sulfide) groups is 1. The van der Waals surface area contributed by atoms with E-state index < -0.39 is 11.8 Å². The van der Waals surface area contributed by atoms with Crippen molar-refractivity contribution in [2.45, 2.75) is 17.5 Å². The highest BCUT2D eigenvalue weighted by Gasteiger charge is 2.18. The second kappa shape index (κ2) is 10.7. The van der Waals surface area contributed by atoms with Crippen LogP contribution in [0.2, 0.25) is 10.0 Å². The Kier molecular flexibility index (Phi) is 7.49. The van der Waals surface area contributed by atoms with Crippen LogP contribution >= 0.6 is 35.0 Å². The average Bonchev–Trinajstić information content (AvgIpc) is 3.22. The largest absolute Gasteiger partial charge is 0.331 e. The van der Waals surface area contributed by atoms with E-state index in [1.807, 2.05) is 30.3 Å². The van der Waals surface area contributed by atoms with Crippen molar-refractivity contribution in [3.63, 3.8) is 0 Å². The van der Waals surface area contributed by atoms with Crippen molar-refractivity contribution in [2.75, 3.05) is 5.32 Å². The van der Waals surface area contributed by atoms with Gasteiger partial charge in [-0.15, -0.1) is 10.2 Å². The molecule has 1 heterocycles. The normalized spacial score (nSPS) is 10.8. The van der Waals surface area contributed by atoms with Crippen LogP contribution in [-0.2, 0) is 12.3 Å². The van der Waals surface area contributed by atoms with Crippen LogP contribution in [0.15, 0.2) is 78.0 Å². The summed E-state index contributed by atoms with van der Waals surface area (Å²) in [6.07, 6.45) is 0. The maximum Gasteiger partial charge on any atom is 0.319 e. The lowest BCUT2D eigenvalue weighted by Crippen LogP contribution is -2.29. The van der Waals surface area contributed by atoms with Gasteiger partial charge in [0.2, 0.25) is 0 Å². The molecule has 0 unspecified atom stereocenters. The van der Waals surface area contributed by atoms with Crippen LogP contribution in [0.25, 0.3) is 5.69 Å². The zero-order chi connectivity index (χ0) is 23.2. The fourth-order valence-electron chi connectivity index (χ4n) is 3.02. The molecule has 6 nitrogen and oxygen atoms in total. The van der Waals surface area contributed by atoms with E-state index in [1.54, 1.807) is 34.9 Å². The van der Waals surface area contributed by atoms with Crippen molar-refractivity contribution in [1.82, 2.24) is 20.1 Å². The summed E-state index contributed by atoms with van der Waals surface area (Å²) in [6.45, 7) is 0.0298. The minimum atomic E-state index is -0.578. The molecule has 2 N–H and O–H groups in total. The number of aromatic nitrogens is 3. The predicted octanol–water partition coefficient (Wildman–Crippen LogP) is 6.33. The molecule has 168 valence electrons. The van der Waals surface area contributed by atoms with Gasteiger partial charge in [-0.1, -0.05) is 77.4 Å². The highest BCUT2D eigenvalue weighted by molar-refractivity contribution is 7.98. The van der Waals surface area contributed by atoms with Gasteiger partial charge in [-0.3, -0.25) is 4.57 Å². The highest BCUT2D eigenvalue weighted by Crippen LogP contribution is 2.31. The summed E-state index contributed by atoms with van der Waals surface area (Å²) in [5.41, 5.74) is 1.79. The predicted molar refractivity (Wildman–Crippen MR) is 130 cm³/mol. The number of para-hydroxylation sites is 1. The average molecular weight is 502 g/mol. The fraction of sp³-hybridized carbons (Fsp3) is 0.0870. The molecule has 2 amide bonds. The number of carbonyl (C=O) groups excluding carboxylic acids is 1. The second-order valence-electron chi connectivity index (χ2n) is 6.89. The van der Waals surface area contributed by atoms with E-state index in [1.165, 1.54) is 23.9 Å². The van der Waals surface area contributed by atoms with E-state index >= 15 is 0 Å². The maximum absolute atomic E-state index is 13.8. The molecule has 0 atom stereocenters. The number of carbonyl (C=O) groups is 1. The molecule has 0 saturated heterocycles. The minimum Gasteiger partial charge on any atom is -0.331 e. The van der Waals surface area contributed by atoms with Crippen molar-refractivity contribution in [2.24, 2.45) is 0 Å². The molecule has 0 radical (unpaired) electrons. The van der Waals surface area contributed by atoms with Gasteiger partial charge < -0.3 is 10.6 Å². The number of hydrogen-bond acceptors (Lipinski definition) is 4. The monoisotopic (exact) mass is 501 g/mol. The molecule has 0 saturated carbocycles. The van der Waals surface area contributed by atoms with Crippen molar-refractivity contribution in [1.29, 1.82) is 0 Å². The molecule has 4 aromatic rings. The van der Waals surface area contributed by atoms with Gasteiger partial charge >= 0.3 is 6.03 Å². The van der Waals surface area contributed by atoms with Crippen molar-refractivity contribution in [3.05, 3.63) is 100 Å². The lowest BCUT2D eigenvalue weighted by molar-refractivity contribution is 0.251. The molecule has 3 aromatic carbocycles. The van der Waals surface area contributed by atoms with Gasteiger partial charge in [0.05, 0.1) is 22.9 Å². The topological polar surface area (TPSA) is 71.8 Å². The molecule has 1 aromatic heterocycles. The third-order valence-corrected chi connectivity index (χ3v) is 6.14. The third kappa shape index (κ3) is 5.84. The number of halogens is 3. The number of rotatable bonds is 7. The minimum absolute atomic E-state index is 0.0298. The van der Waals surface area contributed by atoms with Gasteiger partial charge in [-0.05, 0) is 35.9 Å². The van der Waals surface area contributed by atoms with Gasteiger partial charge in [-0.25, -0.2) is 9.18 Å². The van der Waals surface area contributed by atoms with Gasteiger partial charge in [-0.2, -0.15) is 0 Å². The van der Waals surface area contributed by atoms with Gasteiger partial charge in [0.15, 0.2) is 11.0 Å². The Morgan fingerprint density at radius 2 is 1.76 bits per heavy atom. The van der Waals surface area contributed by atoms with Crippen LogP contribution in [0.5, 0.6) is 0 Å². The smallest absolute Gasteiger partial charge is 0.319 e. The quantitative estimate of drug-likeness (QED) is 0.290. The lowest BCUT2D eigenvalue weighted by Gasteiger charge is -2.13. The van der Waals surface area contributed by atoms with Gasteiger partial charge in [0.1, 0.15) is 5.82 Å². The Labute approximate surface area is 204 Å². The van der Waals surface area contributed by atoms with E-state index in [0.717, 1.165) is 5.56 Å². The Morgan fingerprint density at radius 3 is 2.55 bits per heavy atom. The molecule has 0 aliphatic rings. The first-order valence-electron chi connectivity index (χ1n) is 9.87. The second-order valence-corrected chi connectivity index (χ2v) is 8.68. The Morgan fingerprint density at radius 1 is 1.00 bits per heavy atom. The number of anilines is 1. The van der Waals surface area contributed by atoms with Crippen LogP contribution in [-0.4, -0.2) is 20.8 Å². The molecular weight excluding hydrogens is 484 g/mol. The summed E-state index contributed by atoms with van der Waals surface area (Å²) < 4.78 is 15.6. The summed E-state index contributed by atoms with van der Waals surface area (Å²) in [7, 11) is 0. The fourth-order valence-corrected chi connectivity index (χ4v) is 4.31. The van der Waals surface area contributed by atoms with Crippen LogP contribution in [0.4, 0.5) is 14.9 Å². The Bertz CT molecular complexity index is 1270. The molecule has 0 aliphatic heterocycles. The highest BCUT2D eigenvalue weighted by atomic mass is 35.5. The van der Waals surface area contributed by atoms with Crippen LogP contribution in [0, 0.1) is 5.82 Å². The number of urea groups is 1. The van der Waals surface area contributed by atoms with E-state index in [9.17, 15) is 9.18 Å². The molecule has 4 rings (SSSR count). The molecule has 0 bridgehead atoms. The summed E-state index contributed by atoms with van der Waals surface area (Å²) in [4.78, 5) is 12.3. The van der Waals surface area contributed by atoms with E-state index in [0.29, 0.717) is 32.5 Å². The standard InChI is InChI=1S/C23H18Cl2FN5OS/c24-16-10-11-17(25)20(12-16)31-21(13-27-22(32)28-19-9-5-4-8-18(19)26)29-30-23(31)33-14-15-6-2-1-3-7-15/h1-12H,13-14H2,(H2,27,28,32). The first kappa shape index (κ1) is 23.1. The van der Waals surface area contributed by atoms with Crippen LogP contribution in [0.3, 0.4) is 0 Å². The Balaban J connectivity index is 1.56. The van der Waals surface area contributed by atoms with E-state index in [-0.39, 0.29) is 12.2 Å². The van der Waals surface area contributed by atoms with Crippen molar-refractivity contribution >= 4 is 46.7 Å². The number of nitrogens with one attached hydrogen (secondary N) is 2. The molecule has 0 spiro atoms. The Hall–Kier alpha value is -3.07. The molecular formula is C23H18Cl2FN5OS. The van der Waals surface area contributed by atoms with Crippen LogP contribution < -0.4 is 10.6 Å². The lowest BCUT2D eigenvalue weighted by atomic mass is 10.2. The number of hydrogen-bond donors (Lipinski definition) is 2. The van der Waals surface area contributed by atoms with Gasteiger partial charge in [0, 0.05) is 10.8 Å². The first-order valence-corrected chi connectivity index (χ1v) is 11.6. The SMILES string of the molecule is O=C(NCc1nnc(SCc2ccccc2)n1-c1cc(Cl)ccc1Cl)Nc1ccccc1F. The van der Waals surface area contributed by atoms with Gasteiger partial charge in [0.25, 0.3) is 0 Å². The number of nitrogens with zero attached hydrogens (tertiary/aromatic N) is 3. The first-order chi connectivity index (χ1) is 16.0. The molecule has 0 aliphatic carbocycles.